The van der Waals surface area contributed by atoms with Gasteiger partial charge in [0.25, 0.3) is 0 Å². The van der Waals surface area contributed by atoms with Crippen LogP contribution in [0.4, 0.5) is 4.39 Å². The second-order valence-corrected chi connectivity index (χ2v) is 4.83. The second kappa shape index (κ2) is 6.29. The van der Waals surface area contributed by atoms with Crippen LogP contribution in [-0.4, -0.2) is 5.71 Å². The molecule has 1 aromatic rings. The third-order valence-electron chi connectivity index (χ3n) is 3.23. The first kappa shape index (κ1) is 14.2. The van der Waals surface area contributed by atoms with E-state index in [9.17, 15) is 4.39 Å². The van der Waals surface area contributed by atoms with E-state index in [2.05, 4.69) is 23.7 Å². The zero-order valence-corrected chi connectivity index (χ0v) is 11.9. The third kappa shape index (κ3) is 3.41. The van der Waals surface area contributed by atoms with Crippen molar-refractivity contribution in [2.24, 2.45) is 4.99 Å². The van der Waals surface area contributed by atoms with Gasteiger partial charge in [-0.25, -0.2) is 4.39 Å². The topological polar surface area (TPSA) is 12.4 Å². The van der Waals surface area contributed by atoms with Crippen LogP contribution < -0.4 is 0 Å². The molecule has 0 amide bonds. The van der Waals surface area contributed by atoms with Crippen LogP contribution in [0, 0.1) is 12.7 Å². The number of benzene rings is 1. The van der Waals surface area contributed by atoms with Gasteiger partial charge in [0.2, 0.25) is 0 Å². The second-order valence-electron chi connectivity index (χ2n) is 4.83. The molecule has 0 bridgehead atoms. The fraction of sp³-hybridized carbons (Fsp3) is 0.167. The lowest BCUT2D eigenvalue weighted by Gasteiger charge is -2.12. The van der Waals surface area contributed by atoms with Gasteiger partial charge in [-0.3, -0.25) is 4.99 Å². The van der Waals surface area contributed by atoms with Crippen LogP contribution in [0.2, 0.25) is 0 Å². The van der Waals surface area contributed by atoms with Crippen molar-refractivity contribution in [1.29, 1.82) is 0 Å². The van der Waals surface area contributed by atoms with E-state index in [1.165, 1.54) is 17.8 Å². The number of nitrogens with zero attached hydrogens (tertiary/aromatic N) is 1. The molecule has 20 heavy (non-hydrogen) atoms. The zero-order valence-electron chi connectivity index (χ0n) is 11.9. The normalized spacial score (nSPS) is 17.2. The van der Waals surface area contributed by atoms with Crippen LogP contribution in [0.1, 0.15) is 24.5 Å². The van der Waals surface area contributed by atoms with Crippen LogP contribution in [0.25, 0.3) is 5.57 Å². The Morgan fingerprint density at radius 2 is 2.15 bits per heavy atom. The van der Waals surface area contributed by atoms with Crippen molar-refractivity contribution in [2.45, 2.75) is 20.3 Å². The third-order valence-corrected chi connectivity index (χ3v) is 3.23. The summed E-state index contributed by atoms with van der Waals surface area (Å²) in [4.78, 5) is 4.12. The van der Waals surface area contributed by atoms with Crippen molar-refractivity contribution in [2.75, 3.05) is 0 Å². The van der Waals surface area contributed by atoms with Crippen molar-refractivity contribution in [1.82, 2.24) is 0 Å². The number of halogens is 1. The highest BCUT2D eigenvalue weighted by Gasteiger charge is 2.07. The van der Waals surface area contributed by atoms with Crippen molar-refractivity contribution < 1.29 is 4.39 Å². The van der Waals surface area contributed by atoms with E-state index >= 15 is 0 Å². The van der Waals surface area contributed by atoms with Crippen LogP contribution in [0.3, 0.4) is 0 Å². The molecule has 2 heteroatoms. The fourth-order valence-electron chi connectivity index (χ4n) is 2.22. The summed E-state index contributed by atoms with van der Waals surface area (Å²) in [5.74, 6) is -0.199. The monoisotopic (exact) mass is 267 g/mol. The Labute approximate surface area is 119 Å². The van der Waals surface area contributed by atoms with E-state index in [0.29, 0.717) is 0 Å². The summed E-state index contributed by atoms with van der Waals surface area (Å²) in [5.41, 5.74) is 5.22. The molecule has 0 atom stereocenters. The molecule has 0 fully saturated rings. The van der Waals surface area contributed by atoms with E-state index < -0.39 is 0 Å². The molecular formula is C18H18FN. The molecule has 1 aliphatic carbocycles. The molecule has 0 unspecified atom stereocenters. The fourth-order valence-corrected chi connectivity index (χ4v) is 2.22. The van der Waals surface area contributed by atoms with Crippen molar-refractivity contribution in [3.63, 3.8) is 0 Å². The molecule has 0 saturated heterocycles. The van der Waals surface area contributed by atoms with Crippen LogP contribution in [-0.2, 0) is 0 Å². The number of hydrogen-bond donors (Lipinski definition) is 0. The Hall–Kier alpha value is -2.22. The van der Waals surface area contributed by atoms with Crippen molar-refractivity contribution in [3.8, 4) is 0 Å². The van der Waals surface area contributed by atoms with Crippen molar-refractivity contribution >= 4 is 11.3 Å². The van der Waals surface area contributed by atoms with Gasteiger partial charge in [0.1, 0.15) is 5.82 Å². The maximum absolute atomic E-state index is 13.3. The van der Waals surface area contributed by atoms with E-state index in [1.54, 1.807) is 6.07 Å². The van der Waals surface area contributed by atoms with Gasteiger partial charge < -0.3 is 0 Å². The van der Waals surface area contributed by atoms with Gasteiger partial charge in [0.15, 0.2) is 0 Å². The summed E-state index contributed by atoms with van der Waals surface area (Å²) in [6.45, 7) is 7.52. The Bertz CT molecular complexity index is 645. The summed E-state index contributed by atoms with van der Waals surface area (Å²) in [6, 6.07) is 4.89. The smallest absolute Gasteiger partial charge is 0.123 e. The summed E-state index contributed by atoms with van der Waals surface area (Å²) in [6.07, 6.45) is 10.6. The maximum atomic E-state index is 13.3. The Balaban J connectivity index is 2.22. The van der Waals surface area contributed by atoms with Gasteiger partial charge in [-0.05, 0) is 60.8 Å². The van der Waals surface area contributed by atoms with Crippen LogP contribution >= 0.6 is 0 Å². The largest absolute Gasteiger partial charge is 0.262 e. The molecule has 2 rings (SSSR count). The first-order valence-electron chi connectivity index (χ1n) is 6.61. The first-order valence-corrected chi connectivity index (χ1v) is 6.61. The highest BCUT2D eigenvalue weighted by Crippen LogP contribution is 2.26. The standard InChI is InChI=1S/C18H18FN/c1-4-20-14(3)11-15-6-8-16(9-7-15)18-12-17(19)10-5-13(18)2/h4-6,8-12H,1,7H2,2-3H3/b15-11-,20-14?. The lowest BCUT2D eigenvalue weighted by atomic mass is 9.93. The Morgan fingerprint density at radius 1 is 1.35 bits per heavy atom. The van der Waals surface area contributed by atoms with Crippen molar-refractivity contribution in [3.05, 3.63) is 77.8 Å². The number of aryl methyl sites for hydroxylation is 1. The molecule has 0 aliphatic heterocycles. The molecule has 0 spiro atoms. The maximum Gasteiger partial charge on any atom is 0.123 e. The molecule has 0 aromatic heterocycles. The lowest BCUT2D eigenvalue weighted by molar-refractivity contribution is 0.627. The zero-order chi connectivity index (χ0) is 14.5. The van der Waals surface area contributed by atoms with Crippen LogP contribution in [0.5, 0.6) is 0 Å². The molecule has 1 nitrogen and oxygen atoms in total. The lowest BCUT2D eigenvalue weighted by Crippen LogP contribution is -1.94. The highest BCUT2D eigenvalue weighted by molar-refractivity contribution is 5.94. The van der Waals surface area contributed by atoms with E-state index in [-0.39, 0.29) is 5.82 Å². The molecule has 0 radical (unpaired) electrons. The molecule has 0 N–H and O–H groups in total. The molecule has 0 heterocycles. The minimum atomic E-state index is -0.199. The SMILES string of the molecule is C=CN=C(C)/C=C1/C=CC(c2cc(F)ccc2C)=CC1. The summed E-state index contributed by atoms with van der Waals surface area (Å²) < 4.78 is 13.3. The minimum absolute atomic E-state index is 0.199. The van der Waals surface area contributed by atoms with E-state index in [1.807, 2.05) is 32.1 Å². The van der Waals surface area contributed by atoms with E-state index in [0.717, 1.165) is 28.8 Å². The number of aliphatic imine (C=N–C) groups is 1. The van der Waals surface area contributed by atoms with E-state index in [4.69, 9.17) is 0 Å². The average molecular weight is 267 g/mol. The van der Waals surface area contributed by atoms with Gasteiger partial charge in [-0.1, -0.05) is 30.9 Å². The quantitative estimate of drug-likeness (QED) is 0.683. The molecule has 1 aromatic carbocycles. The predicted molar refractivity (Wildman–Crippen MR) is 84.3 cm³/mol. The predicted octanol–water partition coefficient (Wildman–Crippen LogP) is 5.01. The summed E-state index contributed by atoms with van der Waals surface area (Å²) in [5, 5.41) is 0. The average Bonchev–Trinajstić information content (AvgIpc) is 2.43. The van der Waals surface area contributed by atoms with Crippen LogP contribution in [0.15, 0.2) is 65.8 Å². The Morgan fingerprint density at radius 3 is 2.80 bits per heavy atom. The number of allylic oxidation sites excluding steroid dienone is 6. The van der Waals surface area contributed by atoms with Gasteiger partial charge in [-0.2, -0.15) is 0 Å². The molecular weight excluding hydrogens is 249 g/mol. The van der Waals surface area contributed by atoms with Gasteiger partial charge >= 0.3 is 0 Å². The molecule has 0 saturated carbocycles. The molecule has 1 aliphatic rings. The van der Waals surface area contributed by atoms with Gasteiger partial charge in [0.05, 0.1) is 0 Å². The molecule has 102 valence electrons. The summed E-state index contributed by atoms with van der Waals surface area (Å²) >= 11 is 0. The number of rotatable bonds is 3. The van der Waals surface area contributed by atoms with Gasteiger partial charge in [-0.15, -0.1) is 0 Å². The minimum Gasteiger partial charge on any atom is -0.262 e. The van der Waals surface area contributed by atoms with Gasteiger partial charge in [0, 0.05) is 11.9 Å². The number of hydrogen-bond acceptors (Lipinski definition) is 1. The highest BCUT2D eigenvalue weighted by atomic mass is 19.1. The Kier molecular flexibility index (Phi) is 4.46. The first-order chi connectivity index (χ1) is 9.60. The summed E-state index contributed by atoms with van der Waals surface area (Å²) in [7, 11) is 0.